The van der Waals surface area contributed by atoms with E-state index in [1.54, 1.807) is 0 Å². The van der Waals surface area contributed by atoms with Crippen molar-refractivity contribution in [3.05, 3.63) is 178 Å². The van der Waals surface area contributed by atoms with Crippen molar-refractivity contribution in [1.82, 2.24) is 0 Å². The normalized spacial score (nSPS) is 13.7. The van der Waals surface area contributed by atoms with Crippen LogP contribution < -0.4 is 31.1 Å². The molecule has 0 aromatic heterocycles. The van der Waals surface area contributed by atoms with Gasteiger partial charge in [-0.2, -0.15) is 0 Å². The zero-order valence-corrected chi connectivity index (χ0v) is 42.6. The predicted octanol–water partition coefficient (Wildman–Crippen LogP) is 15.7. The van der Waals surface area contributed by atoms with Crippen LogP contribution in [0.15, 0.2) is 133 Å². The summed E-state index contributed by atoms with van der Waals surface area (Å²) in [7, 11) is 0. The van der Waals surface area contributed by atoms with Crippen molar-refractivity contribution in [2.45, 2.75) is 132 Å². The third-order valence-electron chi connectivity index (χ3n) is 14.2. The van der Waals surface area contributed by atoms with Gasteiger partial charge in [0.2, 0.25) is 0 Å². The van der Waals surface area contributed by atoms with Crippen molar-refractivity contribution in [3.8, 4) is 0 Å². The van der Waals surface area contributed by atoms with Crippen LogP contribution in [0.3, 0.4) is 0 Å². The van der Waals surface area contributed by atoms with E-state index in [9.17, 15) is 0 Å². The highest BCUT2D eigenvalue weighted by Gasteiger charge is 2.45. The Morgan fingerprint density at radius 3 is 1.05 bits per heavy atom. The predicted molar refractivity (Wildman–Crippen MR) is 289 cm³/mol. The second kappa shape index (κ2) is 15.8. The summed E-state index contributed by atoms with van der Waals surface area (Å²) in [6.07, 6.45) is 0. The fourth-order valence-electron chi connectivity index (χ4n) is 10.4. The minimum absolute atomic E-state index is 0.00970. The fraction of sp³-hybridized carbons (Fsp3) is 0.323. The Hall–Kier alpha value is -6.00. The van der Waals surface area contributed by atoms with Gasteiger partial charge in [-0.3, -0.25) is 0 Å². The van der Waals surface area contributed by atoms with Crippen LogP contribution in [0.1, 0.15) is 128 Å². The molecule has 0 fully saturated rings. The van der Waals surface area contributed by atoms with Crippen LogP contribution in [0.25, 0.3) is 0 Å². The van der Waals surface area contributed by atoms with Gasteiger partial charge < -0.3 is 14.7 Å². The van der Waals surface area contributed by atoms with Crippen molar-refractivity contribution >= 4 is 74.3 Å². The van der Waals surface area contributed by atoms with Gasteiger partial charge in [0, 0.05) is 45.5 Å². The van der Waals surface area contributed by atoms with E-state index in [4.69, 9.17) is 0 Å². The first kappa shape index (κ1) is 45.2. The van der Waals surface area contributed by atoms with Crippen molar-refractivity contribution in [2.75, 3.05) is 14.7 Å². The van der Waals surface area contributed by atoms with Gasteiger partial charge in [-0.05, 0) is 160 Å². The highest BCUT2D eigenvalue weighted by atomic mass is 15.2. The monoisotopic (exact) mass is 868 g/mol. The van der Waals surface area contributed by atoms with Crippen LogP contribution in [-0.2, 0) is 21.7 Å². The maximum Gasteiger partial charge on any atom is 0.252 e. The minimum atomic E-state index is -0.0366. The lowest BCUT2D eigenvalue weighted by Gasteiger charge is -2.46. The summed E-state index contributed by atoms with van der Waals surface area (Å²) in [4.78, 5) is 7.68. The third kappa shape index (κ3) is 7.95. The Kier molecular flexibility index (Phi) is 10.8. The Labute approximate surface area is 397 Å². The maximum absolute atomic E-state index is 2.58. The molecule has 3 nitrogen and oxygen atoms in total. The molecule has 0 bridgehead atoms. The molecule has 0 radical (unpaired) electrons. The molecule has 0 amide bonds. The largest absolute Gasteiger partial charge is 0.311 e. The van der Waals surface area contributed by atoms with Gasteiger partial charge in [-0.1, -0.05) is 167 Å². The summed E-state index contributed by atoms with van der Waals surface area (Å²) < 4.78 is 0. The molecule has 0 unspecified atom stereocenters. The first-order valence-electron chi connectivity index (χ1n) is 24.1. The summed E-state index contributed by atoms with van der Waals surface area (Å²) in [6.45, 7) is 36.8. The Bertz CT molecular complexity index is 2800. The van der Waals surface area contributed by atoms with Crippen LogP contribution >= 0.6 is 0 Å². The molecule has 2 aliphatic rings. The van der Waals surface area contributed by atoms with Crippen molar-refractivity contribution in [2.24, 2.45) is 0 Å². The van der Waals surface area contributed by atoms with E-state index in [-0.39, 0.29) is 28.4 Å². The van der Waals surface area contributed by atoms with Crippen LogP contribution in [0.2, 0.25) is 0 Å². The first-order chi connectivity index (χ1) is 30.9. The molecule has 0 saturated carbocycles. The molecule has 0 saturated heterocycles. The van der Waals surface area contributed by atoms with E-state index < -0.39 is 0 Å². The van der Waals surface area contributed by atoms with E-state index in [0.29, 0.717) is 0 Å². The lowest BCUT2D eigenvalue weighted by atomic mass is 9.33. The molecule has 4 heteroatoms. The average Bonchev–Trinajstić information content (AvgIpc) is 3.23. The number of hydrogen-bond donors (Lipinski definition) is 0. The number of nitrogens with zero attached hydrogens (tertiary/aromatic N) is 3. The average molecular weight is 868 g/mol. The van der Waals surface area contributed by atoms with E-state index in [1.807, 2.05) is 0 Å². The van der Waals surface area contributed by atoms with Crippen LogP contribution in [0.4, 0.5) is 51.2 Å². The standard InChI is InChI=1S/C62H70BN3/c1-39-17-29-52(41(3)33-39)66(53-30-18-40(2)34-42(53)4)49-37-56-58-57(38-49)65(48-27-21-44(22-28-48)60(8,9)10)55-32-24-46(62(14,15)16)36-51(55)63(58)50-35-45(61(11,12)13)23-31-54(50)64(56)47-25-19-43(20-26-47)59(5,6)7/h17-38H,1-16H3. The Morgan fingerprint density at radius 1 is 0.364 bits per heavy atom. The van der Waals surface area contributed by atoms with Crippen LogP contribution in [0.5, 0.6) is 0 Å². The van der Waals surface area contributed by atoms with E-state index in [1.165, 1.54) is 95.0 Å². The molecule has 7 aromatic carbocycles. The minimum Gasteiger partial charge on any atom is -0.311 e. The SMILES string of the molecule is Cc1ccc(N(c2cc3c4c(c2)N(c2ccc(C(C)(C)C)cc2)c2ccc(C(C)(C)C)cc2B4c2cc(C(C)(C)C)ccc2N3c2ccc(C(C)(C)C)cc2)c2ccc(C)cc2C)c(C)c1. The number of rotatable bonds is 5. The summed E-state index contributed by atoms with van der Waals surface area (Å²) >= 11 is 0. The second-order valence-corrected chi connectivity index (χ2v) is 23.6. The van der Waals surface area contributed by atoms with E-state index >= 15 is 0 Å². The Balaban J connectivity index is 1.45. The zero-order chi connectivity index (χ0) is 47.4. The third-order valence-corrected chi connectivity index (χ3v) is 14.2. The number of anilines is 9. The first-order valence-corrected chi connectivity index (χ1v) is 24.1. The van der Waals surface area contributed by atoms with Gasteiger partial charge in [-0.15, -0.1) is 0 Å². The number of fused-ring (bicyclic) bond motifs is 4. The number of benzene rings is 7. The van der Waals surface area contributed by atoms with Crippen molar-refractivity contribution < 1.29 is 0 Å². The number of aryl methyl sites for hydroxylation is 4. The quantitative estimate of drug-likeness (QED) is 0.160. The highest BCUT2D eigenvalue weighted by molar-refractivity contribution is 7.00. The van der Waals surface area contributed by atoms with Gasteiger partial charge in [0.15, 0.2) is 0 Å². The Morgan fingerprint density at radius 2 is 0.712 bits per heavy atom. The second-order valence-electron chi connectivity index (χ2n) is 23.6. The molecule has 7 aromatic rings. The molecular weight excluding hydrogens is 798 g/mol. The van der Waals surface area contributed by atoms with E-state index in [2.05, 4.69) is 259 Å². The van der Waals surface area contributed by atoms with Crippen molar-refractivity contribution in [1.29, 1.82) is 0 Å². The molecule has 2 heterocycles. The number of hydrogen-bond acceptors (Lipinski definition) is 3. The lowest BCUT2D eigenvalue weighted by Crippen LogP contribution is -2.61. The molecule has 0 atom stereocenters. The van der Waals surface area contributed by atoms with Crippen LogP contribution in [0, 0.1) is 27.7 Å². The van der Waals surface area contributed by atoms with Gasteiger partial charge in [0.05, 0.1) is 5.69 Å². The van der Waals surface area contributed by atoms with Gasteiger partial charge in [-0.25, -0.2) is 0 Å². The van der Waals surface area contributed by atoms with Crippen molar-refractivity contribution in [3.63, 3.8) is 0 Å². The molecule has 0 spiro atoms. The topological polar surface area (TPSA) is 9.72 Å². The molecule has 0 N–H and O–H groups in total. The van der Waals surface area contributed by atoms with Crippen LogP contribution in [-0.4, -0.2) is 6.71 Å². The molecule has 2 aliphatic heterocycles. The van der Waals surface area contributed by atoms with E-state index in [0.717, 1.165) is 17.1 Å². The highest BCUT2D eigenvalue weighted by Crippen LogP contribution is 2.50. The summed E-state index contributed by atoms with van der Waals surface area (Å²) in [5.74, 6) is 0. The maximum atomic E-state index is 2.58. The molecule has 66 heavy (non-hydrogen) atoms. The lowest BCUT2D eigenvalue weighted by molar-refractivity contribution is 0.590. The van der Waals surface area contributed by atoms with Gasteiger partial charge >= 0.3 is 0 Å². The summed E-state index contributed by atoms with van der Waals surface area (Å²) in [5.41, 5.74) is 25.0. The molecule has 336 valence electrons. The smallest absolute Gasteiger partial charge is 0.252 e. The molecule has 9 rings (SSSR count). The van der Waals surface area contributed by atoms with Gasteiger partial charge in [0.1, 0.15) is 0 Å². The summed E-state index contributed by atoms with van der Waals surface area (Å²) in [5, 5.41) is 0. The zero-order valence-electron chi connectivity index (χ0n) is 42.6. The molecular formula is C62H70BN3. The summed E-state index contributed by atoms with van der Waals surface area (Å²) in [6, 6.07) is 52.2. The molecule has 0 aliphatic carbocycles. The fourth-order valence-corrected chi connectivity index (χ4v) is 10.4. The van der Waals surface area contributed by atoms with Gasteiger partial charge in [0.25, 0.3) is 6.71 Å².